The number of oxime groups is 1. The smallest absolute Gasteiger partial charge is 0.189 e. The Hall–Kier alpha value is -2.25. The minimum atomic E-state index is -0.593. The maximum Gasteiger partial charge on any atom is 0.189 e. The molecule has 1 aliphatic heterocycles. The van der Waals surface area contributed by atoms with Crippen LogP contribution in [-0.2, 0) is 37.0 Å². The summed E-state index contributed by atoms with van der Waals surface area (Å²) in [6.07, 6.45) is -1.81. The zero-order valence-corrected chi connectivity index (χ0v) is 16.5. The summed E-state index contributed by atoms with van der Waals surface area (Å²) in [7, 11) is 3.10. The summed E-state index contributed by atoms with van der Waals surface area (Å²) >= 11 is 0. The van der Waals surface area contributed by atoms with Gasteiger partial charge in [0.1, 0.15) is 18.9 Å². The monoisotopic (exact) mass is 385 g/mol. The minimum absolute atomic E-state index is 0.265. The summed E-state index contributed by atoms with van der Waals surface area (Å²) in [5.74, 6) is 0. The van der Waals surface area contributed by atoms with Crippen LogP contribution in [0.4, 0.5) is 0 Å². The highest BCUT2D eigenvalue weighted by molar-refractivity contribution is 5.94. The van der Waals surface area contributed by atoms with E-state index in [1.54, 1.807) is 7.11 Å². The van der Waals surface area contributed by atoms with E-state index in [1.807, 2.05) is 67.6 Å². The molecule has 2 aromatic carbocycles. The number of ether oxygens (including phenoxy) is 4. The number of hydrogen-bond acceptors (Lipinski definition) is 6. The van der Waals surface area contributed by atoms with Crippen LogP contribution in [0.3, 0.4) is 0 Å². The van der Waals surface area contributed by atoms with Crippen molar-refractivity contribution in [2.24, 2.45) is 5.16 Å². The molecular formula is C22H27NO5. The Morgan fingerprint density at radius 2 is 1.36 bits per heavy atom. The predicted octanol–water partition coefficient (Wildman–Crippen LogP) is 3.55. The molecule has 0 radical (unpaired) electrons. The highest BCUT2D eigenvalue weighted by Crippen LogP contribution is 2.26. The van der Waals surface area contributed by atoms with Crippen molar-refractivity contribution in [2.75, 3.05) is 14.2 Å². The summed E-state index contributed by atoms with van der Waals surface area (Å²) < 4.78 is 23.8. The number of rotatable bonds is 8. The maximum absolute atomic E-state index is 6.15. The first-order valence-electron chi connectivity index (χ1n) is 9.33. The number of nitrogens with zero attached hydrogens (tertiary/aromatic N) is 1. The molecule has 0 N–H and O–H groups in total. The van der Waals surface area contributed by atoms with Gasteiger partial charge < -0.3 is 23.8 Å². The topological polar surface area (TPSA) is 58.5 Å². The van der Waals surface area contributed by atoms with Crippen LogP contribution in [-0.4, -0.2) is 44.5 Å². The van der Waals surface area contributed by atoms with Crippen LogP contribution in [0.25, 0.3) is 0 Å². The van der Waals surface area contributed by atoms with Crippen molar-refractivity contribution >= 4 is 5.71 Å². The van der Waals surface area contributed by atoms with Crippen LogP contribution in [0.1, 0.15) is 18.1 Å². The summed E-state index contributed by atoms with van der Waals surface area (Å²) in [4.78, 5) is 5.10. The van der Waals surface area contributed by atoms with Crippen molar-refractivity contribution in [3.8, 4) is 0 Å². The van der Waals surface area contributed by atoms with Gasteiger partial charge in [0.15, 0.2) is 12.4 Å². The second-order valence-corrected chi connectivity index (χ2v) is 6.58. The van der Waals surface area contributed by atoms with Gasteiger partial charge in [-0.25, -0.2) is 0 Å². The number of benzene rings is 2. The van der Waals surface area contributed by atoms with E-state index >= 15 is 0 Å². The standard InChI is InChI=1S/C22H27NO5/c1-16-20(26-14-17-10-6-4-7-11-17)19(23-25-3)21(22(24-2)28-16)27-15-18-12-8-5-9-13-18/h4-13,16,20-22H,14-15H2,1-3H3/b23-19+/t16-,20+,21-,22+/m0/s1. The van der Waals surface area contributed by atoms with Gasteiger partial charge in [0.2, 0.25) is 0 Å². The molecule has 0 amide bonds. The van der Waals surface area contributed by atoms with Gasteiger partial charge in [-0.3, -0.25) is 0 Å². The molecule has 1 fully saturated rings. The average Bonchev–Trinajstić information content (AvgIpc) is 2.74. The third kappa shape index (κ3) is 5.17. The molecule has 150 valence electrons. The van der Waals surface area contributed by atoms with Gasteiger partial charge in [-0.05, 0) is 18.1 Å². The fourth-order valence-corrected chi connectivity index (χ4v) is 3.19. The molecule has 0 bridgehead atoms. The molecule has 0 aliphatic carbocycles. The fraction of sp³-hybridized carbons (Fsp3) is 0.409. The van der Waals surface area contributed by atoms with Crippen molar-refractivity contribution in [1.29, 1.82) is 0 Å². The summed E-state index contributed by atoms with van der Waals surface area (Å²) in [6, 6.07) is 19.9. The van der Waals surface area contributed by atoms with E-state index in [2.05, 4.69) is 5.16 Å². The lowest BCUT2D eigenvalue weighted by atomic mass is 10.00. The van der Waals surface area contributed by atoms with Gasteiger partial charge in [-0.1, -0.05) is 65.8 Å². The molecule has 0 spiro atoms. The van der Waals surface area contributed by atoms with E-state index in [0.717, 1.165) is 11.1 Å². The Balaban J connectivity index is 1.76. The molecule has 0 unspecified atom stereocenters. The van der Waals surface area contributed by atoms with E-state index < -0.39 is 18.5 Å². The first-order chi connectivity index (χ1) is 13.7. The lowest BCUT2D eigenvalue weighted by molar-refractivity contribution is -0.230. The van der Waals surface area contributed by atoms with Crippen LogP contribution in [0.15, 0.2) is 65.8 Å². The SMILES string of the molecule is CO/N=C1/[C@H](OCc2ccccc2)[C@H](OC)O[C@@H](C)[C@H]1OCc1ccccc1. The molecule has 4 atom stereocenters. The minimum Gasteiger partial charge on any atom is -0.399 e. The molecule has 6 nitrogen and oxygen atoms in total. The zero-order valence-electron chi connectivity index (χ0n) is 16.5. The van der Waals surface area contributed by atoms with Crippen LogP contribution < -0.4 is 0 Å². The molecule has 1 heterocycles. The summed E-state index contributed by atoms with van der Waals surface area (Å²) in [6.45, 7) is 2.77. The van der Waals surface area contributed by atoms with E-state index in [-0.39, 0.29) is 6.10 Å². The molecule has 1 aliphatic rings. The summed E-state index contributed by atoms with van der Waals surface area (Å²) in [5, 5.41) is 4.23. The quantitative estimate of drug-likeness (QED) is 0.651. The van der Waals surface area contributed by atoms with Gasteiger partial charge in [0.05, 0.1) is 19.3 Å². The maximum atomic E-state index is 6.15. The fourth-order valence-electron chi connectivity index (χ4n) is 3.19. The molecule has 28 heavy (non-hydrogen) atoms. The third-order valence-corrected chi connectivity index (χ3v) is 4.58. The molecule has 3 rings (SSSR count). The lowest BCUT2D eigenvalue weighted by Gasteiger charge is -2.39. The van der Waals surface area contributed by atoms with E-state index in [1.165, 1.54) is 7.11 Å². The summed E-state index contributed by atoms with van der Waals surface area (Å²) in [5.41, 5.74) is 2.75. The van der Waals surface area contributed by atoms with Crippen LogP contribution in [0.2, 0.25) is 0 Å². The Bertz CT molecular complexity index is 737. The predicted molar refractivity (Wildman–Crippen MR) is 106 cm³/mol. The second-order valence-electron chi connectivity index (χ2n) is 6.58. The van der Waals surface area contributed by atoms with E-state index in [9.17, 15) is 0 Å². The molecule has 0 aromatic heterocycles. The van der Waals surface area contributed by atoms with Crippen LogP contribution in [0, 0.1) is 0 Å². The lowest BCUT2D eigenvalue weighted by Crippen LogP contribution is -2.56. The second kappa shape index (κ2) is 10.3. The zero-order chi connectivity index (χ0) is 19.8. The Morgan fingerprint density at radius 3 is 1.86 bits per heavy atom. The molecule has 1 saturated heterocycles. The van der Waals surface area contributed by atoms with E-state index in [4.69, 9.17) is 23.8 Å². The van der Waals surface area contributed by atoms with Gasteiger partial charge in [0.25, 0.3) is 0 Å². The highest BCUT2D eigenvalue weighted by Gasteiger charge is 2.44. The Labute approximate surface area is 166 Å². The van der Waals surface area contributed by atoms with E-state index in [0.29, 0.717) is 18.9 Å². The number of hydrogen-bond donors (Lipinski definition) is 0. The van der Waals surface area contributed by atoms with Crippen molar-refractivity contribution in [2.45, 2.75) is 44.7 Å². The molecule has 6 heteroatoms. The molecule has 0 saturated carbocycles. The van der Waals surface area contributed by atoms with Crippen LogP contribution >= 0.6 is 0 Å². The third-order valence-electron chi connectivity index (χ3n) is 4.58. The normalized spacial score (nSPS) is 26.3. The van der Waals surface area contributed by atoms with Gasteiger partial charge in [-0.2, -0.15) is 0 Å². The number of methoxy groups -OCH3 is 1. The van der Waals surface area contributed by atoms with Crippen molar-refractivity contribution in [3.63, 3.8) is 0 Å². The Kier molecular flexibility index (Phi) is 7.56. The van der Waals surface area contributed by atoms with Gasteiger partial charge in [-0.15, -0.1) is 0 Å². The van der Waals surface area contributed by atoms with Gasteiger partial charge in [0, 0.05) is 7.11 Å². The largest absolute Gasteiger partial charge is 0.399 e. The first-order valence-corrected chi connectivity index (χ1v) is 9.33. The van der Waals surface area contributed by atoms with Crippen molar-refractivity contribution in [1.82, 2.24) is 0 Å². The van der Waals surface area contributed by atoms with Crippen molar-refractivity contribution < 1.29 is 23.8 Å². The van der Waals surface area contributed by atoms with Gasteiger partial charge >= 0.3 is 0 Å². The molecule has 2 aromatic rings. The van der Waals surface area contributed by atoms with Crippen molar-refractivity contribution in [3.05, 3.63) is 71.8 Å². The highest BCUT2D eigenvalue weighted by atomic mass is 16.7. The molecular weight excluding hydrogens is 358 g/mol. The first kappa shape index (κ1) is 20.5. The Morgan fingerprint density at radius 1 is 0.821 bits per heavy atom. The van der Waals surface area contributed by atoms with Crippen LogP contribution in [0.5, 0.6) is 0 Å². The average molecular weight is 385 g/mol.